The highest BCUT2D eigenvalue weighted by Gasteiger charge is 1.97. The van der Waals surface area contributed by atoms with Crippen molar-refractivity contribution >= 4 is 27.7 Å². The summed E-state index contributed by atoms with van der Waals surface area (Å²) in [6.45, 7) is 2.11. The topological polar surface area (TPSA) is 0 Å². The van der Waals surface area contributed by atoms with Crippen LogP contribution in [0.5, 0.6) is 0 Å². The monoisotopic (exact) mass is 292 g/mol. The summed E-state index contributed by atoms with van der Waals surface area (Å²) < 4.78 is 0. The summed E-state index contributed by atoms with van der Waals surface area (Å²) in [5.41, 5.74) is 2.62. The van der Waals surface area contributed by atoms with Crippen molar-refractivity contribution in [2.45, 2.75) is 22.0 Å². The molecule has 0 unspecified atom stereocenters. The summed E-state index contributed by atoms with van der Waals surface area (Å²) >= 11 is 5.25. The van der Waals surface area contributed by atoms with E-state index in [0.717, 1.165) is 5.33 Å². The van der Waals surface area contributed by atoms with Gasteiger partial charge in [0.15, 0.2) is 0 Å². The van der Waals surface area contributed by atoms with Crippen LogP contribution >= 0.6 is 27.7 Å². The molecule has 0 bridgehead atoms. The van der Waals surface area contributed by atoms with Gasteiger partial charge in [-0.15, -0.1) is 0 Å². The first kappa shape index (κ1) is 11.7. The Morgan fingerprint density at radius 3 is 1.88 bits per heavy atom. The fourth-order valence-electron chi connectivity index (χ4n) is 1.39. The number of hydrogen-bond donors (Lipinski definition) is 0. The van der Waals surface area contributed by atoms with E-state index in [1.807, 2.05) is 0 Å². The molecule has 0 fully saturated rings. The molecular weight excluding hydrogens is 280 g/mol. The SMILES string of the molecule is Cc1ccc(Sc2ccc(CBr)cc2)cc1. The molecule has 0 nitrogen and oxygen atoms in total. The molecule has 2 rings (SSSR count). The summed E-state index contributed by atoms with van der Waals surface area (Å²) in [5, 5.41) is 0.919. The van der Waals surface area contributed by atoms with Gasteiger partial charge in [0.05, 0.1) is 0 Å². The van der Waals surface area contributed by atoms with Crippen molar-refractivity contribution < 1.29 is 0 Å². The van der Waals surface area contributed by atoms with E-state index < -0.39 is 0 Å². The molecule has 0 saturated carbocycles. The highest BCUT2D eigenvalue weighted by atomic mass is 79.9. The molecule has 0 saturated heterocycles. The van der Waals surface area contributed by atoms with E-state index in [1.165, 1.54) is 20.9 Å². The fraction of sp³-hybridized carbons (Fsp3) is 0.143. The quantitative estimate of drug-likeness (QED) is 0.714. The smallest absolute Gasteiger partial charge is 0.0283 e. The maximum atomic E-state index is 3.45. The third-order valence-electron chi connectivity index (χ3n) is 2.33. The Morgan fingerprint density at radius 1 is 0.875 bits per heavy atom. The second kappa shape index (κ2) is 5.55. The van der Waals surface area contributed by atoms with E-state index in [-0.39, 0.29) is 0 Å². The van der Waals surface area contributed by atoms with E-state index in [1.54, 1.807) is 11.8 Å². The lowest BCUT2D eigenvalue weighted by atomic mass is 10.2. The molecule has 16 heavy (non-hydrogen) atoms. The van der Waals surface area contributed by atoms with Crippen LogP contribution in [-0.2, 0) is 5.33 Å². The predicted octanol–water partition coefficient (Wildman–Crippen LogP) is 5.04. The zero-order chi connectivity index (χ0) is 11.4. The average Bonchev–Trinajstić information content (AvgIpc) is 2.33. The van der Waals surface area contributed by atoms with E-state index in [2.05, 4.69) is 71.4 Å². The number of rotatable bonds is 3. The molecule has 2 heteroatoms. The molecule has 0 aliphatic heterocycles. The van der Waals surface area contributed by atoms with Crippen LogP contribution in [0.2, 0.25) is 0 Å². The molecule has 0 aliphatic rings. The third-order valence-corrected chi connectivity index (χ3v) is 4.00. The fourth-order valence-corrected chi connectivity index (χ4v) is 2.58. The first-order valence-electron chi connectivity index (χ1n) is 5.17. The number of benzene rings is 2. The van der Waals surface area contributed by atoms with Crippen LogP contribution in [0.4, 0.5) is 0 Å². The van der Waals surface area contributed by atoms with E-state index in [4.69, 9.17) is 0 Å². The van der Waals surface area contributed by atoms with Crippen molar-refractivity contribution in [1.29, 1.82) is 0 Å². The zero-order valence-electron chi connectivity index (χ0n) is 9.11. The summed E-state index contributed by atoms with van der Waals surface area (Å²) in [6, 6.07) is 17.3. The molecule has 0 aliphatic carbocycles. The summed E-state index contributed by atoms with van der Waals surface area (Å²) in [4.78, 5) is 2.57. The van der Waals surface area contributed by atoms with Crippen LogP contribution in [-0.4, -0.2) is 0 Å². The van der Waals surface area contributed by atoms with Crippen LogP contribution in [0.25, 0.3) is 0 Å². The van der Waals surface area contributed by atoms with Crippen LogP contribution in [0.1, 0.15) is 11.1 Å². The number of aryl methyl sites for hydroxylation is 1. The highest BCUT2D eigenvalue weighted by molar-refractivity contribution is 9.08. The normalized spacial score (nSPS) is 10.4. The highest BCUT2D eigenvalue weighted by Crippen LogP contribution is 2.28. The van der Waals surface area contributed by atoms with Crippen LogP contribution in [0.15, 0.2) is 58.3 Å². The van der Waals surface area contributed by atoms with Crippen molar-refractivity contribution in [2.75, 3.05) is 0 Å². The van der Waals surface area contributed by atoms with Crippen molar-refractivity contribution in [2.24, 2.45) is 0 Å². The maximum Gasteiger partial charge on any atom is 0.0283 e. The minimum Gasteiger partial charge on any atom is -0.0901 e. The van der Waals surface area contributed by atoms with E-state index in [0.29, 0.717) is 0 Å². The number of halogens is 1. The maximum absolute atomic E-state index is 3.45. The van der Waals surface area contributed by atoms with Gasteiger partial charge in [-0.1, -0.05) is 57.5 Å². The second-order valence-corrected chi connectivity index (χ2v) is 5.40. The number of hydrogen-bond acceptors (Lipinski definition) is 1. The van der Waals surface area contributed by atoms with E-state index in [9.17, 15) is 0 Å². The van der Waals surface area contributed by atoms with Gasteiger partial charge in [0.25, 0.3) is 0 Å². The van der Waals surface area contributed by atoms with Gasteiger partial charge >= 0.3 is 0 Å². The van der Waals surface area contributed by atoms with Gasteiger partial charge in [-0.3, -0.25) is 0 Å². The molecule has 2 aromatic carbocycles. The van der Waals surface area contributed by atoms with Gasteiger partial charge in [-0.2, -0.15) is 0 Å². The molecule has 0 heterocycles. The summed E-state index contributed by atoms with van der Waals surface area (Å²) in [5.74, 6) is 0. The number of alkyl halides is 1. The summed E-state index contributed by atoms with van der Waals surface area (Å²) in [6.07, 6.45) is 0. The first-order valence-corrected chi connectivity index (χ1v) is 7.11. The van der Waals surface area contributed by atoms with Crippen molar-refractivity contribution in [3.8, 4) is 0 Å². The van der Waals surface area contributed by atoms with Gasteiger partial charge in [0.2, 0.25) is 0 Å². The zero-order valence-corrected chi connectivity index (χ0v) is 11.5. The Labute approximate surface area is 109 Å². The largest absolute Gasteiger partial charge is 0.0901 e. The van der Waals surface area contributed by atoms with Gasteiger partial charge in [-0.05, 0) is 36.8 Å². The third kappa shape index (κ3) is 3.13. The second-order valence-electron chi connectivity index (χ2n) is 3.69. The van der Waals surface area contributed by atoms with Gasteiger partial charge in [0.1, 0.15) is 0 Å². The Bertz CT molecular complexity index is 445. The predicted molar refractivity (Wildman–Crippen MR) is 74.4 cm³/mol. The van der Waals surface area contributed by atoms with E-state index >= 15 is 0 Å². The van der Waals surface area contributed by atoms with Gasteiger partial charge < -0.3 is 0 Å². The Kier molecular flexibility index (Phi) is 4.08. The average molecular weight is 293 g/mol. The molecule has 0 spiro atoms. The molecule has 0 atom stereocenters. The molecule has 0 amide bonds. The van der Waals surface area contributed by atoms with Crippen LogP contribution < -0.4 is 0 Å². The molecule has 2 aromatic rings. The van der Waals surface area contributed by atoms with Gasteiger partial charge in [0, 0.05) is 15.1 Å². The minimum absolute atomic E-state index is 0.919. The molecule has 82 valence electrons. The summed E-state index contributed by atoms with van der Waals surface area (Å²) in [7, 11) is 0. The molecule has 0 radical (unpaired) electrons. The van der Waals surface area contributed by atoms with Crippen LogP contribution in [0, 0.1) is 6.92 Å². The van der Waals surface area contributed by atoms with Crippen LogP contribution in [0.3, 0.4) is 0 Å². The Hall–Kier alpha value is -0.730. The Morgan fingerprint density at radius 2 is 1.38 bits per heavy atom. The molecule has 0 aromatic heterocycles. The first-order chi connectivity index (χ1) is 7.78. The van der Waals surface area contributed by atoms with Crippen molar-refractivity contribution in [3.05, 3.63) is 59.7 Å². The van der Waals surface area contributed by atoms with Crippen molar-refractivity contribution in [1.82, 2.24) is 0 Å². The minimum atomic E-state index is 0.919. The van der Waals surface area contributed by atoms with Gasteiger partial charge in [-0.25, -0.2) is 0 Å². The molecular formula is C14H13BrS. The standard InChI is InChI=1S/C14H13BrS/c1-11-2-6-13(7-3-11)16-14-8-4-12(10-15)5-9-14/h2-9H,10H2,1H3. The lowest BCUT2D eigenvalue weighted by molar-refractivity contribution is 1.33. The van der Waals surface area contributed by atoms with Crippen molar-refractivity contribution in [3.63, 3.8) is 0 Å². The Balaban J connectivity index is 2.11. The lowest BCUT2D eigenvalue weighted by Crippen LogP contribution is -1.78. The lowest BCUT2D eigenvalue weighted by Gasteiger charge is -2.03. The molecule has 0 N–H and O–H groups in total.